The first-order valence-corrected chi connectivity index (χ1v) is 9.98. The molecule has 3 aliphatic rings. The van der Waals surface area contributed by atoms with Crippen LogP contribution in [0.4, 0.5) is 39.5 Å². The third-order valence-electron chi connectivity index (χ3n) is 6.33. The summed E-state index contributed by atoms with van der Waals surface area (Å²) < 4.78 is 129. The molecular weight excluding hydrogens is 431 g/mol. The number of nitrogens with zero attached hydrogens (tertiary/aromatic N) is 1. The zero-order valence-corrected chi connectivity index (χ0v) is 16.0. The van der Waals surface area contributed by atoms with Gasteiger partial charge in [-0.3, -0.25) is 10.1 Å². The topological polar surface area (TPSA) is 36.3 Å². The fourth-order valence-corrected chi connectivity index (χ4v) is 4.65. The second-order valence-electron chi connectivity index (χ2n) is 8.28. The van der Waals surface area contributed by atoms with Crippen LogP contribution in [-0.4, -0.2) is 52.6 Å². The molecule has 2 aliphatic carbocycles. The lowest BCUT2D eigenvalue weighted by Crippen LogP contribution is -2.67. The van der Waals surface area contributed by atoms with Crippen molar-refractivity contribution < 1.29 is 44.3 Å². The van der Waals surface area contributed by atoms with Gasteiger partial charge in [-0.05, 0) is 25.7 Å². The molecule has 1 atom stereocenters. The van der Waals surface area contributed by atoms with E-state index in [1.165, 1.54) is 0 Å². The van der Waals surface area contributed by atoms with Crippen LogP contribution in [0.1, 0.15) is 64.2 Å². The van der Waals surface area contributed by atoms with Gasteiger partial charge >= 0.3 is 29.7 Å². The van der Waals surface area contributed by atoms with Crippen molar-refractivity contribution >= 4 is 5.84 Å². The van der Waals surface area contributed by atoms with Crippen LogP contribution in [0.25, 0.3) is 0 Å². The molecule has 1 heterocycles. The lowest BCUT2D eigenvalue weighted by Gasteiger charge is -2.46. The third kappa shape index (κ3) is 3.19. The Hall–Kier alpha value is -1.20. The maximum Gasteiger partial charge on any atom is 0.428 e. The van der Waals surface area contributed by atoms with E-state index in [-0.39, 0.29) is 0 Å². The fraction of sp³-hybridized carbons (Fsp3) is 0.944. The molecule has 1 N–H and O–H groups in total. The minimum atomic E-state index is -6.57. The first-order valence-electron chi connectivity index (χ1n) is 9.98. The Morgan fingerprint density at radius 2 is 1.13 bits per heavy atom. The first kappa shape index (κ1) is 23.5. The van der Waals surface area contributed by atoms with Gasteiger partial charge in [-0.1, -0.05) is 38.5 Å². The van der Waals surface area contributed by atoms with Gasteiger partial charge in [-0.25, -0.2) is 0 Å². The number of hydrogen-bond donors (Lipinski definition) is 1. The number of rotatable bonds is 4. The Balaban J connectivity index is 2.00. The van der Waals surface area contributed by atoms with Crippen molar-refractivity contribution in [1.29, 1.82) is 5.41 Å². The van der Waals surface area contributed by atoms with Crippen LogP contribution in [0.15, 0.2) is 0 Å². The van der Waals surface area contributed by atoms with Gasteiger partial charge in [0.1, 0.15) is 0 Å². The predicted molar refractivity (Wildman–Crippen MR) is 88.0 cm³/mol. The van der Waals surface area contributed by atoms with Crippen LogP contribution in [0.2, 0.25) is 0 Å². The smallest absolute Gasteiger partial charge is 0.349 e. The van der Waals surface area contributed by atoms with Crippen LogP contribution in [0, 0.1) is 5.41 Å². The molecule has 0 bridgehead atoms. The van der Waals surface area contributed by atoms with E-state index in [2.05, 4.69) is 4.74 Å². The van der Waals surface area contributed by atoms with Gasteiger partial charge in [0.2, 0.25) is 0 Å². The predicted octanol–water partition coefficient (Wildman–Crippen LogP) is 6.13. The second kappa shape index (κ2) is 7.44. The van der Waals surface area contributed by atoms with Crippen LogP contribution < -0.4 is 0 Å². The highest BCUT2D eigenvalue weighted by Crippen LogP contribution is 2.65. The average molecular weight is 454 g/mol. The molecule has 0 radical (unpaired) electrons. The molecule has 0 amide bonds. The number of hydrogen-bond acceptors (Lipinski definition) is 2. The first-order chi connectivity index (χ1) is 13.7. The van der Waals surface area contributed by atoms with Gasteiger partial charge in [0, 0.05) is 12.1 Å². The van der Waals surface area contributed by atoms with Crippen LogP contribution >= 0.6 is 0 Å². The van der Waals surface area contributed by atoms with Crippen molar-refractivity contribution in [2.75, 3.05) is 0 Å². The Morgan fingerprint density at radius 1 is 0.733 bits per heavy atom. The molecule has 1 saturated heterocycles. The van der Waals surface area contributed by atoms with Crippen molar-refractivity contribution in [2.45, 2.75) is 106 Å². The Bertz CT molecular complexity index is 642. The lowest BCUT2D eigenvalue weighted by atomic mass is 9.87. The standard InChI is InChI=1S/C18H23F9N2O/c19-14(20,17(25)15(21,22)16(23,24)18(26,27)30-17)13(28)29(11-7-3-1-4-8-11)12-9-5-2-6-10-12/h11-12,28H,1-10H2/t17-/m0/s1. The quantitative estimate of drug-likeness (QED) is 0.315. The van der Waals surface area contributed by atoms with E-state index in [4.69, 9.17) is 5.41 Å². The van der Waals surface area contributed by atoms with E-state index in [1.807, 2.05) is 0 Å². The van der Waals surface area contributed by atoms with Crippen LogP contribution in [-0.2, 0) is 4.74 Å². The van der Waals surface area contributed by atoms with Gasteiger partial charge in [0.25, 0.3) is 0 Å². The summed E-state index contributed by atoms with van der Waals surface area (Å²) in [6.45, 7) is 0. The van der Waals surface area contributed by atoms with Gasteiger partial charge in [-0.2, -0.15) is 39.5 Å². The molecule has 0 aromatic heterocycles. The van der Waals surface area contributed by atoms with Gasteiger partial charge in [0.05, 0.1) is 0 Å². The Kier molecular flexibility index (Phi) is 5.82. The molecule has 174 valence electrons. The van der Waals surface area contributed by atoms with E-state index in [0.29, 0.717) is 51.4 Å². The van der Waals surface area contributed by atoms with Crippen molar-refractivity contribution in [3.05, 3.63) is 0 Å². The summed E-state index contributed by atoms with van der Waals surface area (Å²) in [5.74, 6) is -26.9. The molecule has 3 fully saturated rings. The van der Waals surface area contributed by atoms with Gasteiger partial charge < -0.3 is 4.90 Å². The number of alkyl halides is 9. The normalized spacial score (nSPS) is 32.2. The summed E-state index contributed by atoms with van der Waals surface area (Å²) in [4.78, 5) is 0.799. The summed E-state index contributed by atoms with van der Waals surface area (Å²) in [5, 5.41) is 7.88. The van der Waals surface area contributed by atoms with E-state index >= 15 is 0 Å². The molecule has 30 heavy (non-hydrogen) atoms. The molecule has 0 aromatic rings. The summed E-state index contributed by atoms with van der Waals surface area (Å²) in [6.07, 6.45) is -0.962. The molecule has 2 saturated carbocycles. The van der Waals surface area contributed by atoms with Crippen LogP contribution in [0.5, 0.6) is 0 Å². The number of nitrogens with one attached hydrogen (secondary N) is 1. The molecule has 1 aliphatic heterocycles. The SMILES string of the molecule is N=C(N(C1CCCCC1)C1CCCCC1)C(F)(F)[C@]1(F)OC(F)(F)C(F)(F)C1(F)F. The van der Waals surface area contributed by atoms with E-state index in [1.54, 1.807) is 0 Å². The molecule has 3 rings (SSSR count). The van der Waals surface area contributed by atoms with E-state index < -0.39 is 47.7 Å². The maximum absolute atomic E-state index is 14.9. The third-order valence-corrected chi connectivity index (χ3v) is 6.33. The Labute approximate surface area is 167 Å². The summed E-state index contributed by atoms with van der Waals surface area (Å²) in [5.41, 5.74) is 0. The highest BCUT2D eigenvalue weighted by atomic mass is 19.4. The van der Waals surface area contributed by atoms with Gasteiger partial charge in [0.15, 0.2) is 5.84 Å². The average Bonchev–Trinajstić information content (AvgIpc) is 2.78. The second-order valence-corrected chi connectivity index (χ2v) is 8.28. The maximum atomic E-state index is 14.9. The molecule has 0 spiro atoms. The van der Waals surface area contributed by atoms with Crippen molar-refractivity contribution in [3.8, 4) is 0 Å². The number of ether oxygens (including phenoxy) is 1. The minimum Gasteiger partial charge on any atom is -0.349 e. The molecule has 12 heteroatoms. The largest absolute Gasteiger partial charge is 0.428 e. The molecular formula is C18H23F9N2O. The van der Waals surface area contributed by atoms with Crippen molar-refractivity contribution in [3.63, 3.8) is 0 Å². The van der Waals surface area contributed by atoms with Crippen molar-refractivity contribution in [1.82, 2.24) is 4.90 Å². The summed E-state index contributed by atoms with van der Waals surface area (Å²) in [6, 6.07) is -1.44. The minimum absolute atomic E-state index is 0.317. The monoisotopic (exact) mass is 454 g/mol. The van der Waals surface area contributed by atoms with E-state index in [0.717, 1.165) is 17.7 Å². The summed E-state index contributed by atoms with van der Waals surface area (Å²) >= 11 is 0. The van der Waals surface area contributed by atoms with E-state index in [9.17, 15) is 39.5 Å². The Morgan fingerprint density at radius 3 is 1.47 bits per heavy atom. The van der Waals surface area contributed by atoms with Gasteiger partial charge in [-0.15, -0.1) is 0 Å². The fourth-order valence-electron chi connectivity index (χ4n) is 4.65. The lowest BCUT2D eigenvalue weighted by molar-refractivity contribution is -0.363. The molecule has 0 unspecified atom stereocenters. The van der Waals surface area contributed by atoms with Crippen LogP contribution in [0.3, 0.4) is 0 Å². The number of amidine groups is 1. The zero-order valence-electron chi connectivity index (χ0n) is 16.0. The number of halogens is 9. The highest BCUT2D eigenvalue weighted by molar-refractivity contribution is 5.88. The summed E-state index contributed by atoms with van der Waals surface area (Å²) in [7, 11) is 0. The highest BCUT2D eigenvalue weighted by Gasteiger charge is 2.95. The molecule has 3 nitrogen and oxygen atoms in total. The van der Waals surface area contributed by atoms with Crippen molar-refractivity contribution in [2.24, 2.45) is 0 Å². The zero-order chi connectivity index (χ0) is 22.6. The molecule has 0 aromatic carbocycles.